The first-order chi connectivity index (χ1) is 9.33. The van der Waals surface area contributed by atoms with Crippen LogP contribution in [0.3, 0.4) is 0 Å². The van der Waals surface area contributed by atoms with Crippen molar-refractivity contribution in [2.24, 2.45) is 5.41 Å². The topological polar surface area (TPSA) is 12.9 Å². The molecule has 0 N–H and O–H groups in total. The standard InChI is InChI=1S/C18H23N/c1-2-3-4-6-16-13-18(9-5-10-18)14-17(16)15-7-11-19-12-8-15/h7-8,11-14H,2-6,9-10H2,1H3. The normalized spacial score (nSPS) is 20.1. The van der Waals surface area contributed by atoms with E-state index >= 15 is 0 Å². The van der Waals surface area contributed by atoms with Crippen LogP contribution in [-0.4, -0.2) is 4.98 Å². The van der Waals surface area contributed by atoms with E-state index in [4.69, 9.17) is 0 Å². The molecule has 0 radical (unpaired) electrons. The fraction of sp³-hybridized carbons (Fsp3) is 0.500. The van der Waals surface area contributed by atoms with Gasteiger partial charge in [0.05, 0.1) is 0 Å². The van der Waals surface area contributed by atoms with E-state index in [-0.39, 0.29) is 0 Å². The first kappa shape index (κ1) is 12.7. The Kier molecular flexibility index (Phi) is 3.54. The molecular weight excluding hydrogens is 230 g/mol. The van der Waals surface area contributed by atoms with Gasteiger partial charge in [0, 0.05) is 17.8 Å². The molecule has 0 aliphatic heterocycles. The Bertz CT molecular complexity index is 492. The molecule has 0 saturated heterocycles. The minimum atomic E-state index is 0.417. The van der Waals surface area contributed by atoms with E-state index in [1.54, 1.807) is 5.57 Å². The molecule has 1 aromatic rings. The Morgan fingerprint density at radius 2 is 1.89 bits per heavy atom. The van der Waals surface area contributed by atoms with Crippen molar-refractivity contribution in [2.75, 3.05) is 0 Å². The molecule has 1 aromatic heterocycles. The molecule has 19 heavy (non-hydrogen) atoms. The number of allylic oxidation sites excluding steroid dienone is 4. The van der Waals surface area contributed by atoms with Crippen molar-refractivity contribution in [3.8, 4) is 0 Å². The number of nitrogens with zero attached hydrogens (tertiary/aromatic N) is 1. The van der Waals surface area contributed by atoms with E-state index in [1.165, 1.54) is 56.1 Å². The van der Waals surface area contributed by atoms with Crippen molar-refractivity contribution in [2.45, 2.75) is 51.9 Å². The molecule has 0 atom stereocenters. The van der Waals surface area contributed by atoms with Gasteiger partial charge in [-0.25, -0.2) is 0 Å². The molecule has 1 fully saturated rings. The lowest BCUT2D eigenvalue weighted by atomic mass is 9.70. The third-order valence-electron chi connectivity index (χ3n) is 4.56. The summed E-state index contributed by atoms with van der Waals surface area (Å²) in [5.74, 6) is 0. The monoisotopic (exact) mass is 253 g/mol. The Labute approximate surface area is 116 Å². The van der Waals surface area contributed by atoms with E-state index < -0.39 is 0 Å². The van der Waals surface area contributed by atoms with Gasteiger partial charge in [-0.2, -0.15) is 0 Å². The predicted octanol–water partition coefficient (Wildman–Crippen LogP) is 5.16. The minimum Gasteiger partial charge on any atom is -0.265 e. The van der Waals surface area contributed by atoms with Crippen LogP contribution in [0.25, 0.3) is 5.57 Å². The predicted molar refractivity (Wildman–Crippen MR) is 80.7 cm³/mol. The second-order valence-corrected chi connectivity index (χ2v) is 6.01. The summed E-state index contributed by atoms with van der Waals surface area (Å²) in [6.07, 6.45) is 18.2. The number of unbranched alkanes of at least 4 members (excludes halogenated alkanes) is 2. The van der Waals surface area contributed by atoms with Gasteiger partial charge in [0.2, 0.25) is 0 Å². The first-order valence-electron chi connectivity index (χ1n) is 7.68. The SMILES string of the molecule is CCCCCC1=CC2(C=C1c1ccncc1)CCC2. The van der Waals surface area contributed by atoms with Crippen molar-refractivity contribution in [1.82, 2.24) is 4.98 Å². The highest BCUT2D eigenvalue weighted by Gasteiger charge is 2.37. The molecule has 0 bridgehead atoms. The van der Waals surface area contributed by atoms with Crippen LogP contribution in [0.1, 0.15) is 57.4 Å². The summed E-state index contributed by atoms with van der Waals surface area (Å²) < 4.78 is 0. The van der Waals surface area contributed by atoms with Crippen molar-refractivity contribution in [3.63, 3.8) is 0 Å². The van der Waals surface area contributed by atoms with E-state index in [0.717, 1.165) is 0 Å². The van der Waals surface area contributed by atoms with Gasteiger partial charge in [-0.3, -0.25) is 4.98 Å². The summed E-state index contributed by atoms with van der Waals surface area (Å²) in [7, 11) is 0. The first-order valence-corrected chi connectivity index (χ1v) is 7.68. The quantitative estimate of drug-likeness (QED) is 0.661. The lowest BCUT2D eigenvalue weighted by Crippen LogP contribution is -2.22. The molecule has 1 spiro atoms. The molecule has 1 saturated carbocycles. The van der Waals surface area contributed by atoms with Crippen molar-refractivity contribution >= 4 is 5.57 Å². The average molecular weight is 253 g/mol. The molecule has 2 aliphatic carbocycles. The van der Waals surface area contributed by atoms with Crippen LogP contribution in [0.15, 0.2) is 42.3 Å². The van der Waals surface area contributed by atoms with Crippen molar-refractivity contribution in [1.29, 1.82) is 0 Å². The van der Waals surface area contributed by atoms with Crippen LogP contribution in [0.2, 0.25) is 0 Å². The van der Waals surface area contributed by atoms with Gasteiger partial charge in [-0.1, -0.05) is 38.3 Å². The lowest BCUT2D eigenvalue weighted by molar-refractivity contribution is 0.281. The smallest absolute Gasteiger partial charge is 0.0273 e. The van der Waals surface area contributed by atoms with E-state index in [2.05, 4.69) is 36.2 Å². The number of hydrogen-bond donors (Lipinski definition) is 0. The van der Waals surface area contributed by atoms with Crippen molar-refractivity contribution in [3.05, 3.63) is 47.8 Å². The second-order valence-electron chi connectivity index (χ2n) is 6.01. The van der Waals surface area contributed by atoms with E-state index in [0.29, 0.717) is 5.41 Å². The molecule has 0 amide bonds. The molecule has 0 aromatic carbocycles. The highest BCUT2D eigenvalue weighted by Crippen LogP contribution is 2.52. The van der Waals surface area contributed by atoms with Gasteiger partial charge >= 0.3 is 0 Å². The van der Waals surface area contributed by atoms with Crippen LogP contribution in [0.5, 0.6) is 0 Å². The third kappa shape index (κ3) is 2.51. The fourth-order valence-corrected chi connectivity index (χ4v) is 3.29. The van der Waals surface area contributed by atoms with Crippen LogP contribution in [0, 0.1) is 5.41 Å². The summed E-state index contributed by atoms with van der Waals surface area (Å²) in [5.41, 5.74) is 4.83. The fourth-order valence-electron chi connectivity index (χ4n) is 3.29. The second kappa shape index (κ2) is 5.32. The van der Waals surface area contributed by atoms with Crippen LogP contribution < -0.4 is 0 Å². The Morgan fingerprint density at radius 1 is 1.11 bits per heavy atom. The zero-order chi connectivity index (χ0) is 13.1. The van der Waals surface area contributed by atoms with Crippen molar-refractivity contribution < 1.29 is 0 Å². The van der Waals surface area contributed by atoms with Crippen LogP contribution in [0.4, 0.5) is 0 Å². The summed E-state index contributed by atoms with van der Waals surface area (Å²) in [4.78, 5) is 4.14. The Balaban J connectivity index is 1.83. The zero-order valence-corrected chi connectivity index (χ0v) is 11.9. The number of aromatic nitrogens is 1. The molecule has 0 unspecified atom stereocenters. The zero-order valence-electron chi connectivity index (χ0n) is 11.9. The van der Waals surface area contributed by atoms with Gasteiger partial charge in [-0.15, -0.1) is 0 Å². The molecule has 1 nitrogen and oxygen atoms in total. The summed E-state index contributed by atoms with van der Waals surface area (Å²) >= 11 is 0. The summed E-state index contributed by atoms with van der Waals surface area (Å²) in [6, 6.07) is 4.30. The maximum atomic E-state index is 4.14. The molecule has 1 heteroatoms. The largest absolute Gasteiger partial charge is 0.265 e. The number of rotatable bonds is 5. The molecule has 2 aliphatic rings. The average Bonchev–Trinajstić information content (AvgIpc) is 2.80. The van der Waals surface area contributed by atoms with Gasteiger partial charge in [0.25, 0.3) is 0 Å². The van der Waals surface area contributed by atoms with E-state index in [1.807, 2.05) is 12.4 Å². The highest BCUT2D eigenvalue weighted by atomic mass is 14.6. The van der Waals surface area contributed by atoms with Gasteiger partial charge in [0.15, 0.2) is 0 Å². The molecule has 1 heterocycles. The Hall–Kier alpha value is -1.37. The Morgan fingerprint density at radius 3 is 2.53 bits per heavy atom. The highest BCUT2D eigenvalue weighted by molar-refractivity contribution is 5.82. The third-order valence-corrected chi connectivity index (χ3v) is 4.56. The van der Waals surface area contributed by atoms with Crippen LogP contribution in [-0.2, 0) is 0 Å². The maximum absolute atomic E-state index is 4.14. The molecule has 100 valence electrons. The maximum Gasteiger partial charge on any atom is 0.0273 e. The lowest BCUT2D eigenvalue weighted by Gasteiger charge is -2.34. The molecular formula is C18H23N. The van der Waals surface area contributed by atoms with Gasteiger partial charge in [-0.05, 0) is 54.5 Å². The number of pyridine rings is 1. The van der Waals surface area contributed by atoms with Crippen LogP contribution >= 0.6 is 0 Å². The minimum absolute atomic E-state index is 0.417. The summed E-state index contributed by atoms with van der Waals surface area (Å²) in [6.45, 7) is 2.27. The summed E-state index contributed by atoms with van der Waals surface area (Å²) in [5, 5.41) is 0. The van der Waals surface area contributed by atoms with Gasteiger partial charge in [0.1, 0.15) is 0 Å². The molecule has 3 rings (SSSR count). The van der Waals surface area contributed by atoms with Gasteiger partial charge < -0.3 is 0 Å². The van der Waals surface area contributed by atoms with E-state index in [9.17, 15) is 0 Å². The number of hydrogen-bond acceptors (Lipinski definition) is 1.